The number of ketones is 1. The Morgan fingerprint density at radius 3 is 2.26 bits per heavy atom. The number of benzene rings is 1. The van der Waals surface area contributed by atoms with Gasteiger partial charge in [-0.15, -0.1) is 4.31 Å². The van der Waals surface area contributed by atoms with E-state index in [1.54, 1.807) is 38.4 Å². The molecule has 0 saturated carbocycles. The Morgan fingerprint density at radius 2 is 1.71 bits per heavy atom. The van der Waals surface area contributed by atoms with Gasteiger partial charge in [-0.05, 0) is 37.1 Å². The van der Waals surface area contributed by atoms with Crippen molar-refractivity contribution in [1.82, 2.24) is 23.9 Å². The van der Waals surface area contributed by atoms with Crippen LogP contribution in [-0.2, 0) is 14.9 Å². The van der Waals surface area contributed by atoms with Crippen molar-refractivity contribution in [2.45, 2.75) is 19.1 Å². The second-order valence-electron chi connectivity index (χ2n) is 8.26. The van der Waals surface area contributed by atoms with Crippen molar-refractivity contribution >= 4 is 39.7 Å². The lowest BCUT2D eigenvalue weighted by Crippen LogP contribution is -2.62. The molecule has 2 fully saturated rings. The van der Waals surface area contributed by atoms with Crippen molar-refractivity contribution in [3.05, 3.63) is 34.9 Å². The minimum absolute atomic E-state index is 0.0645. The van der Waals surface area contributed by atoms with Crippen molar-refractivity contribution < 1.29 is 32.7 Å². The fraction of sp³-hybridized carbons (Fsp3) is 0.550. The second-order valence-corrected chi connectivity index (χ2v) is 10.6. The number of Topliss-reactive ketones (excluding diaryl/α,β-unsaturated/α-hetero) is 1. The van der Waals surface area contributed by atoms with Crippen molar-refractivity contribution in [3.63, 3.8) is 0 Å². The fourth-order valence-electron chi connectivity index (χ4n) is 4.05. The molecule has 0 aromatic heterocycles. The first-order chi connectivity index (χ1) is 16.0. The van der Waals surface area contributed by atoms with Crippen LogP contribution in [-0.4, -0.2) is 103 Å². The largest absolute Gasteiger partial charge is 0.432 e. The summed E-state index contributed by atoms with van der Waals surface area (Å²) in [6.45, 7) is 0.0245. The van der Waals surface area contributed by atoms with Gasteiger partial charge in [0, 0.05) is 56.8 Å². The molecule has 1 atom stereocenters. The monoisotopic (exact) mass is 517 g/mol. The Hall–Kier alpha value is -2.45. The Bertz CT molecular complexity index is 1010. The van der Waals surface area contributed by atoms with Gasteiger partial charge in [-0.25, -0.2) is 15.1 Å². The third-order valence-electron chi connectivity index (χ3n) is 5.85. The van der Waals surface area contributed by atoms with Crippen LogP contribution >= 0.6 is 11.6 Å². The Kier molecular flexibility index (Phi) is 8.36. The number of hydroxylamine groups is 1. The maximum atomic E-state index is 13.4. The third-order valence-corrected chi connectivity index (χ3v) is 8.13. The molecule has 3 rings (SSSR count). The van der Waals surface area contributed by atoms with Crippen LogP contribution in [0.2, 0.25) is 5.02 Å². The first-order valence-corrected chi connectivity index (χ1v) is 12.5. The summed E-state index contributed by atoms with van der Waals surface area (Å²) in [6.07, 6.45) is -1.90. The zero-order valence-electron chi connectivity index (χ0n) is 18.9. The van der Waals surface area contributed by atoms with Gasteiger partial charge < -0.3 is 14.5 Å². The molecule has 0 bridgehead atoms. The zero-order valence-corrected chi connectivity index (χ0v) is 20.5. The number of halogens is 1. The lowest BCUT2D eigenvalue weighted by molar-refractivity contribution is -0.0291. The van der Waals surface area contributed by atoms with Crippen LogP contribution in [0.1, 0.15) is 23.2 Å². The molecule has 3 amide bonds. The Labute approximate surface area is 203 Å². The fourth-order valence-corrected chi connectivity index (χ4v) is 5.86. The summed E-state index contributed by atoms with van der Waals surface area (Å²) in [5.74, 6) is -0.389. The molecule has 12 nitrogen and oxygen atoms in total. The highest BCUT2D eigenvalue weighted by Crippen LogP contribution is 2.27. The van der Waals surface area contributed by atoms with Crippen molar-refractivity contribution in [3.8, 4) is 0 Å². The average molecular weight is 518 g/mol. The number of nitrogens with one attached hydrogen (secondary N) is 1. The van der Waals surface area contributed by atoms with E-state index in [0.29, 0.717) is 23.4 Å². The molecule has 2 aliphatic heterocycles. The molecule has 2 heterocycles. The van der Waals surface area contributed by atoms with Crippen LogP contribution in [0.5, 0.6) is 0 Å². The maximum absolute atomic E-state index is 13.4. The second kappa shape index (κ2) is 10.9. The van der Waals surface area contributed by atoms with E-state index < -0.39 is 22.5 Å². The number of ether oxygens (including phenoxy) is 1. The van der Waals surface area contributed by atoms with Crippen LogP contribution < -0.4 is 5.48 Å². The maximum Gasteiger partial charge on any atom is 0.432 e. The van der Waals surface area contributed by atoms with E-state index in [4.69, 9.17) is 21.5 Å². The smallest absolute Gasteiger partial charge is 0.426 e. The van der Waals surface area contributed by atoms with E-state index in [1.165, 1.54) is 19.6 Å². The summed E-state index contributed by atoms with van der Waals surface area (Å²) < 4.78 is 34.1. The van der Waals surface area contributed by atoms with Gasteiger partial charge in [0.2, 0.25) is 0 Å². The third kappa shape index (κ3) is 5.78. The number of amides is 3. The van der Waals surface area contributed by atoms with Gasteiger partial charge in [0.15, 0.2) is 12.0 Å². The Balaban J connectivity index is 1.70. The summed E-state index contributed by atoms with van der Waals surface area (Å²) in [6, 6.07) is 6.21. The molecular formula is C20H28ClN5O7S. The molecule has 14 heteroatoms. The number of hydrogen-bond acceptors (Lipinski definition) is 7. The van der Waals surface area contributed by atoms with Crippen molar-refractivity contribution in [1.29, 1.82) is 0 Å². The predicted octanol–water partition coefficient (Wildman–Crippen LogP) is 1.22. The van der Waals surface area contributed by atoms with Gasteiger partial charge in [-0.2, -0.15) is 12.7 Å². The molecule has 1 aromatic rings. The molecule has 2 aliphatic rings. The highest BCUT2D eigenvalue weighted by atomic mass is 35.5. The summed E-state index contributed by atoms with van der Waals surface area (Å²) in [7, 11) is -0.972. The first-order valence-electron chi connectivity index (χ1n) is 10.7. The lowest BCUT2D eigenvalue weighted by atomic mass is 9.90. The number of carbonyl (C=O) groups is 3. The summed E-state index contributed by atoms with van der Waals surface area (Å²) >= 11 is 5.88. The minimum atomic E-state index is -4.08. The van der Waals surface area contributed by atoms with Crippen molar-refractivity contribution in [2.24, 2.45) is 5.92 Å². The molecule has 0 spiro atoms. The Morgan fingerprint density at radius 1 is 1.09 bits per heavy atom. The quantitative estimate of drug-likeness (QED) is 0.340. The zero-order chi connectivity index (χ0) is 25.0. The van der Waals surface area contributed by atoms with Gasteiger partial charge in [-0.3, -0.25) is 10.0 Å². The van der Waals surface area contributed by atoms with Crippen molar-refractivity contribution in [2.75, 3.05) is 46.8 Å². The van der Waals surface area contributed by atoms with E-state index in [-0.39, 0.29) is 50.5 Å². The van der Waals surface area contributed by atoms with Crippen LogP contribution in [0.25, 0.3) is 0 Å². The number of nitrogens with zero attached hydrogens (tertiary/aromatic N) is 4. The van der Waals surface area contributed by atoms with Crippen LogP contribution in [0.15, 0.2) is 24.3 Å². The summed E-state index contributed by atoms with van der Waals surface area (Å²) in [5.41, 5.74) is 1.84. The standard InChI is InChI=1S/C20H28ClN5O7S/c1-23(2)20(29)24-11-12-26(17(13-24)33-19(28)22-30)34(31,32)25-9-7-15(8-10-25)18(27)14-3-5-16(21)6-4-14/h3-6,15,17,30H,7-13H2,1-2H3,(H,22,28)/t17-/m1/s1. The molecule has 0 aliphatic carbocycles. The first kappa shape index (κ1) is 26.2. The normalized spacial score (nSPS) is 20.6. The molecular weight excluding hydrogens is 490 g/mol. The van der Waals surface area contributed by atoms with Gasteiger partial charge >= 0.3 is 12.1 Å². The molecule has 0 radical (unpaired) electrons. The number of piperidine rings is 1. The van der Waals surface area contributed by atoms with Crippen LogP contribution in [0, 0.1) is 5.92 Å². The number of hydrogen-bond donors (Lipinski definition) is 2. The van der Waals surface area contributed by atoms with Crippen LogP contribution in [0.3, 0.4) is 0 Å². The van der Waals surface area contributed by atoms with E-state index >= 15 is 0 Å². The predicted molar refractivity (Wildman–Crippen MR) is 122 cm³/mol. The highest BCUT2D eigenvalue weighted by Gasteiger charge is 2.43. The van der Waals surface area contributed by atoms with Gasteiger partial charge in [-0.1, -0.05) is 11.6 Å². The SMILES string of the molecule is CN(C)C(=O)N1CCN(S(=O)(=O)N2CCC(C(=O)c3ccc(Cl)cc3)CC2)[C@H](OC(=O)NO)C1. The van der Waals surface area contributed by atoms with E-state index in [0.717, 1.165) is 4.31 Å². The molecule has 0 unspecified atom stereocenters. The van der Waals surface area contributed by atoms with E-state index in [9.17, 15) is 22.8 Å². The van der Waals surface area contributed by atoms with E-state index in [2.05, 4.69) is 0 Å². The highest BCUT2D eigenvalue weighted by molar-refractivity contribution is 7.86. The average Bonchev–Trinajstić information content (AvgIpc) is 2.83. The number of carbonyl (C=O) groups excluding carboxylic acids is 3. The number of rotatable bonds is 5. The molecule has 1 aromatic carbocycles. The summed E-state index contributed by atoms with van der Waals surface area (Å²) in [4.78, 5) is 39.4. The number of urea groups is 1. The van der Waals surface area contributed by atoms with E-state index in [1.807, 2.05) is 0 Å². The molecule has 34 heavy (non-hydrogen) atoms. The number of piperazine rings is 1. The topological polar surface area (TPSA) is 140 Å². The van der Waals surface area contributed by atoms with Gasteiger partial charge in [0.25, 0.3) is 10.2 Å². The van der Waals surface area contributed by atoms with Gasteiger partial charge in [0.1, 0.15) is 0 Å². The molecule has 2 saturated heterocycles. The molecule has 188 valence electrons. The van der Waals surface area contributed by atoms with Gasteiger partial charge in [0.05, 0.1) is 6.54 Å². The van der Waals surface area contributed by atoms with Crippen LogP contribution in [0.4, 0.5) is 9.59 Å². The minimum Gasteiger partial charge on any atom is -0.426 e. The molecule has 2 N–H and O–H groups in total. The summed E-state index contributed by atoms with van der Waals surface area (Å²) in [5, 5.41) is 9.35. The lowest BCUT2D eigenvalue weighted by Gasteiger charge is -2.42.